The summed E-state index contributed by atoms with van der Waals surface area (Å²) in [5.74, 6) is 0. The molecule has 0 bridgehead atoms. The van der Waals surface area contributed by atoms with Crippen molar-refractivity contribution < 1.29 is 0 Å². The minimum Gasteiger partial charge on any atom is -0.355 e. The highest BCUT2D eigenvalue weighted by atomic mass is 28.3. The zero-order chi connectivity index (χ0) is 20.9. The van der Waals surface area contributed by atoms with Gasteiger partial charge in [-0.3, -0.25) is 0 Å². The van der Waals surface area contributed by atoms with Crippen LogP contribution in [0.4, 0.5) is 11.4 Å². The van der Waals surface area contributed by atoms with Gasteiger partial charge in [0.05, 0.1) is 0 Å². The summed E-state index contributed by atoms with van der Waals surface area (Å²) in [5, 5.41) is 6.82. The van der Waals surface area contributed by atoms with Crippen molar-refractivity contribution in [3.63, 3.8) is 0 Å². The third kappa shape index (κ3) is 3.00. The topological polar surface area (TPSA) is 12.0 Å². The summed E-state index contributed by atoms with van der Waals surface area (Å²) in [6, 6.07) is 31.0. The summed E-state index contributed by atoms with van der Waals surface area (Å²) in [6.45, 7) is 9.46. The summed E-state index contributed by atoms with van der Waals surface area (Å²) in [7, 11) is -1.89. The van der Waals surface area contributed by atoms with Crippen LogP contribution in [0.25, 0.3) is 22.3 Å². The fourth-order valence-electron chi connectivity index (χ4n) is 4.76. The minimum atomic E-state index is -1.89. The van der Waals surface area contributed by atoms with E-state index < -0.39 is 8.07 Å². The van der Waals surface area contributed by atoms with Crippen LogP contribution in [0.2, 0.25) is 13.1 Å². The molecule has 1 aliphatic heterocycles. The van der Waals surface area contributed by atoms with Crippen LogP contribution in [-0.2, 0) is 0 Å². The molecule has 0 radical (unpaired) electrons. The summed E-state index contributed by atoms with van der Waals surface area (Å²) in [4.78, 5) is 0. The lowest BCUT2D eigenvalue weighted by molar-refractivity contribution is 1.39. The van der Waals surface area contributed by atoms with E-state index in [4.69, 9.17) is 0 Å². The molecule has 148 valence electrons. The Morgan fingerprint density at radius 1 is 0.533 bits per heavy atom. The second-order valence-corrected chi connectivity index (χ2v) is 13.2. The van der Waals surface area contributed by atoms with Crippen LogP contribution in [0.15, 0.2) is 84.9 Å². The maximum absolute atomic E-state index is 3.82. The Kier molecular flexibility index (Phi) is 4.41. The quantitative estimate of drug-likeness (QED) is 0.375. The third-order valence-electron chi connectivity index (χ3n) is 6.48. The lowest BCUT2D eigenvalue weighted by atomic mass is 10.00. The number of anilines is 2. The first-order chi connectivity index (χ1) is 14.4. The maximum Gasteiger partial charge on any atom is 0.117 e. The first-order valence-electron chi connectivity index (χ1n) is 10.6. The Morgan fingerprint density at radius 2 is 0.933 bits per heavy atom. The van der Waals surface area contributed by atoms with Crippen molar-refractivity contribution in [3.05, 3.63) is 96.1 Å². The normalized spacial score (nSPS) is 13.9. The van der Waals surface area contributed by atoms with E-state index in [1.807, 2.05) is 0 Å². The Bertz CT molecular complexity index is 1140. The van der Waals surface area contributed by atoms with E-state index in [-0.39, 0.29) is 0 Å². The van der Waals surface area contributed by atoms with Crippen LogP contribution in [0.3, 0.4) is 0 Å². The molecule has 0 aliphatic carbocycles. The van der Waals surface area contributed by atoms with Gasteiger partial charge >= 0.3 is 0 Å². The van der Waals surface area contributed by atoms with Crippen LogP contribution < -0.4 is 15.7 Å². The van der Waals surface area contributed by atoms with Crippen molar-refractivity contribution in [3.8, 4) is 22.3 Å². The second-order valence-electron chi connectivity index (χ2n) is 8.91. The Labute approximate surface area is 180 Å². The van der Waals surface area contributed by atoms with Gasteiger partial charge in [-0.05, 0) is 69.7 Å². The lowest BCUT2D eigenvalue weighted by Crippen LogP contribution is -2.57. The summed E-state index contributed by atoms with van der Waals surface area (Å²) in [6.07, 6.45) is 0. The molecule has 0 fully saturated rings. The van der Waals surface area contributed by atoms with E-state index in [1.54, 1.807) is 0 Å². The molecule has 5 rings (SSSR count). The van der Waals surface area contributed by atoms with Crippen LogP contribution >= 0.6 is 0 Å². The highest BCUT2D eigenvalue weighted by molar-refractivity contribution is 7.02. The average molecular weight is 406 g/mol. The van der Waals surface area contributed by atoms with Crippen molar-refractivity contribution in [2.75, 3.05) is 5.32 Å². The first-order valence-corrected chi connectivity index (χ1v) is 13.6. The second kappa shape index (κ2) is 7.00. The number of benzene rings is 4. The highest BCUT2D eigenvalue weighted by Crippen LogP contribution is 2.35. The summed E-state index contributed by atoms with van der Waals surface area (Å²) >= 11 is 0. The molecule has 2 heteroatoms. The monoisotopic (exact) mass is 405 g/mol. The molecule has 0 saturated carbocycles. The molecule has 1 N–H and O–H groups in total. The van der Waals surface area contributed by atoms with Gasteiger partial charge in [0.15, 0.2) is 0 Å². The SMILES string of the molecule is Cc1cc(-c2ccccc2)cc2c1Nc1c(C)cc(-c3ccccc3)cc1[Si]2(C)C. The number of hydrogen-bond donors (Lipinski definition) is 1. The molecular weight excluding hydrogens is 378 g/mol. The molecule has 0 atom stereocenters. The highest BCUT2D eigenvalue weighted by Gasteiger charge is 2.36. The van der Waals surface area contributed by atoms with Gasteiger partial charge in [-0.1, -0.05) is 85.9 Å². The first kappa shape index (κ1) is 18.9. The maximum atomic E-state index is 3.82. The molecule has 4 aromatic carbocycles. The van der Waals surface area contributed by atoms with E-state index in [2.05, 4.69) is 117 Å². The molecule has 4 aromatic rings. The number of rotatable bonds is 2. The van der Waals surface area contributed by atoms with Crippen molar-refractivity contribution in [1.82, 2.24) is 0 Å². The van der Waals surface area contributed by atoms with Crippen LogP contribution in [-0.4, -0.2) is 8.07 Å². The smallest absolute Gasteiger partial charge is 0.117 e. The van der Waals surface area contributed by atoms with Gasteiger partial charge in [0.1, 0.15) is 8.07 Å². The van der Waals surface area contributed by atoms with Gasteiger partial charge in [-0.25, -0.2) is 0 Å². The fraction of sp³-hybridized carbons (Fsp3) is 0.143. The van der Waals surface area contributed by atoms with Gasteiger partial charge in [0.25, 0.3) is 0 Å². The lowest BCUT2D eigenvalue weighted by Gasteiger charge is -2.37. The minimum absolute atomic E-state index is 1.29. The molecule has 1 aliphatic rings. The molecule has 1 heterocycles. The number of nitrogens with one attached hydrogen (secondary N) is 1. The standard InChI is InChI=1S/C28H27NSi/c1-19-15-23(21-11-7-5-8-12-21)17-25-27(19)29-28-20(2)16-24(18-26(28)30(25,3)4)22-13-9-6-10-14-22/h5-18,29H,1-4H3. The average Bonchev–Trinajstić information content (AvgIpc) is 2.76. The van der Waals surface area contributed by atoms with Crippen molar-refractivity contribution >= 4 is 29.8 Å². The molecule has 1 nitrogen and oxygen atoms in total. The van der Waals surface area contributed by atoms with E-state index in [1.165, 1.54) is 55.1 Å². The predicted molar refractivity (Wildman–Crippen MR) is 133 cm³/mol. The molecule has 0 unspecified atom stereocenters. The Hall–Kier alpha value is -3.10. The van der Waals surface area contributed by atoms with Crippen molar-refractivity contribution in [2.45, 2.75) is 26.9 Å². The molecule has 0 saturated heterocycles. The molecule has 30 heavy (non-hydrogen) atoms. The molecule has 0 aromatic heterocycles. The van der Waals surface area contributed by atoms with E-state index in [9.17, 15) is 0 Å². The van der Waals surface area contributed by atoms with Crippen LogP contribution in [0.5, 0.6) is 0 Å². The summed E-state index contributed by atoms with van der Waals surface area (Å²) in [5.41, 5.74) is 10.5. The number of fused-ring (bicyclic) bond motifs is 2. The molecule has 0 amide bonds. The van der Waals surface area contributed by atoms with Gasteiger partial charge in [-0.15, -0.1) is 0 Å². The number of aryl methyl sites for hydroxylation is 2. The van der Waals surface area contributed by atoms with Gasteiger partial charge in [-0.2, -0.15) is 0 Å². The van der Waals surface area contributed by atoms with Gasteiger partial charge < -0.3 is 5.32 Å². The van der Waals surface area contributed by atoms with Crippen LogP contribution in [0, 0.1) is 13.8 Å². The van der Waals surface area contributed by atoms with E-state index >= 15 is 0 Å². The van der Waals surface area contributed by atoms with Gasteiger partial charge in [0.2, 0.25) is 0 Å². The molecular formula is C28H27NSi. The van der Waals surface area contributed by atoms with Crippen molar-refractivity contribution in [1.29, 1.82) is 0 Å². The zero-order valence-electron chi connectivity index (χ0n) is 18.1. The predicted octanol–water partition coefficient (Wildman–Crippen LogP) is 6.52. The van der Waals surface area contributed by atoms with E-state index in [0.717, 1.165) is 0 Å². The van der Waals surface area contributed by atoms with E-state index in [0.29, 0.717) is 0 Å². The zero-order valence-corrected chi connectivity index (χ0v) is 19.1. The Balaban J connectivity index is 1.70. The van der Waals surface area contributed by atoms with Crippen molar-refractivity contribution in [2.24, 2.45) is 0 Å². The fourth-order valence-corrected chi connectivity index (χ4v) is 7.85. The van der Waals surface area contributed by atoms with Crippen LogP contribution in [0.1, 0.15) is 11.1 Å². The third-order valence-corrected chi connectivity index (χ3v) is 9.96. The van der Waals surface area contributed by atoms with Gasteiger partial charge in [0, 0.05) is 11.4 Å². The number of hydrogen-bond acceptors (Lipinski definition) is 1. The summed E-state index contributed by atoms with van der Waals surface area (Å²) < 4.78 is 0. The largest absolute Gasteiger partial charge is 0.355 e. The Morgan fingerprint density at radius 3 is 1.33 bits per heavy atom. The molecule has 0 spiro atoms.